The summed E-state index contributed by atoms with van der Waals surface area (Å²) in [5.41, 5.74) is 3.69. The fourth-order valence-electron chi connectivity index (χ4n) is 3.87. The lowest BCUT2D eigenvalue weighted by Crippen LogP contribution is -2.51. The summed E-state index contributed by atoms with van der Waals surface area (Å²) in [5, 5.41) is 7.23. The van der Waals surface area contributed by atoms with Crippen LogP contribution in [0.4, 0.5) is 0 Å². The number of aromatic amines is 1. The Bertz CT molecular complexity index is 853. The minimum absolute atomic E-state index is 0.0192. The van der Waals surface area contributed by atoms with Crippen molar-refractivity contribution >= 4 is 11.8 Å². The number of methoxy groups -OCH3 is 1. The van der Waals surface area contributed by atoms with Crippen LogP contribution in [0.1, 0.15) is 33.7 Å². The van der Waals surface area contributed by atoms with E-state index >= 15 is 0 Å². The third-order valence-electron chi connectivity index (χ3n) is 5.42. The molecule has 7 nitrogen and oxygen atoms in total. The Morgan fingerprint density at radius 2 is 1.93 bits per heavy atom. The first kappa shape index (κ1) is 17.6. The van der Waals surface area contributed by atoms with Crippen LogP contribution in [0.3, 0.4) is 0 Å². The molecule has 1 aliphatic carbocycles. The highest BCUT2D eigenvalue weighted by molar-refractivity contribution is 5.94. The number of benzene rings is 1. The van der Waals surface area contributed by atoms with E-state index in [0.717, 1.165) is 41.8 Å². The maximum atomic E-state index is 12.8. The largest absolute Gasteiger partial charge is 0.497 e. The van der Waals surface area contributed by atoms with Crippen molar-refractivity contribution in [3.8, 4) is 5.75 Å². The molecule has 1 N–H and O–H groups in total. The monoisotopic (exact) mass is 368 g/mol. The summed E-state index contributed by atoms with van der Waals surface area (Å²) in [7, 11) is 1.62. The number of fused-ring (bicyclic) bond motifs is 1. The first-order valence-electron chi connectivity index (χ1n) is 9.42. The van der Waals surface area contributed by atoms with Gasteiger partial charge in [0.2, 0.25) is 5.91 Å². The smallest absolute Gasteiger partial charge is 0.274 e. The van der Waals surface area contributed by atoms with Gasteiger partial charge in [0.1, 0.15) is 5.75 Å². The minimum atomic E-state index is -0.0192. The van der Waals surface area contributed by atoms with Gasteiger partial charge < -0.3 is 14.5 Å². The second-order valence-electron chi connectivity index (χ2n) is 7.08. The standard InChI is InChI=1S/C20H24N4O3/c1-27-15-5-2-4-14(12-15)13-18(25)23-8-10-24(11-9-23)20(26)19-16-6-3-7-17(16)21-22-19/h2,4-5,12H,3,6-11,13H2,1H3,(H,21,22). The van der Waals surface area contributed by atoms with E-state index in [1.54, 1.807) is 7.11 Å². The molecule has 1 saturated heterocycles. The number of nitrogens with one attached hydrogen (secondary N) is 1. The van der Waals surface area contributed by atoms with Crippen molar-refractivity contribution in [1.82, 2.24) is 20.0 Å². The third-order valence-corrected chi connectivity index (χ3v) is 5.42. The zero-order chi connectivity index (χ0) is 18.8. The van der Waals surface area contributed by atoms with Crippen molar-refractivity contribution < 1.29 is 14.3 Å². The van der Waals surface area contributed by atoms with Gasteiger partial charge in [0, 0.05) is 37.4 Å². The summed E-state index contributed by atoms with van der Waals surface area (Å²) in [6.45, 7) is 2.21. The number of H-pyrrole nitrogens is 1. The molecule has 0 bridgehead atoms. The summed E-state index contributed by atoms with van der Waals surface area (Å²) < 4.78 is 5.21. The molecular weight excluding hydrogens is 344 g/mol. The van der Waals surface area contributed by atoms with E-state index in [1.165, 1.54) is 0 Å². The zero-order valence-electron chi connectivity index (χ0n) is 15.5. The van der Waals surface area contributed by atoms with Gasteiger partial charge in [0.25, 0.3) is 5.91 Å². The predicted molar refractivity (Wildman–Crippen MR) is 99.8 cm³/mol. The van der Waals surface area contributed by atoms with E-state index < -0.39 is 0 Å². The molecule has 4 rings (SSSR count). The molecule has 1 aromatic carbocycles. The van der Waals surface area contributed by atoms with Crippen LogP contribution in [0, 0.1) is 0 Å². The maximum absolute atomic E-state index is 12.8. The van der Waals surface area contributed by atoms with Crippen molar-refractivity contribution in [2.45, 2.75) is 25.7 Å². The fraction of sp³-hybridized carbons (Fsp3) is 0.450. The molecule has 0 spiro atoms. The van der Waals surface area contributed by atoms with Crippen molar-refractivity contribution in [3.05, 3.63) is 46.8 Å². The number of ether oxygens (including phenoxy) is 1. The van der Waals surface area contributed by atoms with Gasteiger partial charge in [0.05, 0.1) is 13.5 Å². The van der Waals surface area contributed by atoms with Gasteiger partial charge >= 0.3 is 0 Å². The van der Waals surface area contributed by atoms with E-state index in [1.807, 2.05) is 34.1 Å². The topological polar surface area (TPSA) is 78.5 Å². The molecule has 2 amide bonds. The first-order chi connectivity index (χ1) is 13.2. The quantitative estimate of drug-likeness (QED) is 0.886. The Labute approximate surface area is 158 Å². The lowest BCUT2D eigenvalue weighted by Gasteiger charge is -2.34. The molecule has 7 heteroatoms. The summed E-state index contributed by atoms with van der Waals surface area (Å²) in [6.07, 6.45) is 3.32. The first-order valence-corrected chi connectivity index (χ1v) is 9.42. The number of aromatic nitrogens is 2. The summed E-state index contributed by atoms with van der Waals surface area (Å²) in [5.74, 6) is 0.813. The van der Waals surface area contributed by atoms with Crippen LogP contribution in [0.25, 0.3) is 0 Å². The zero-order valence-corrected chi connectivity index (χ0v) is 15.5. The molecule has 1 aliphatic heterocycles. The van der Waals surface area contributed by atoms with Gasteiger partial charge in [-0.25, -0.2) is 0 Å². The second-order valence-corrected chi connectivity index (χ2v) is 7.08. The summed E-state index contributed by atoms with van der Waals surface area (Å²) in [6, 6.07) is 7.57. The van der Waals surface area contributed by atoms with E-state index in [-0.39, 0.29) is 11.8 Å². The van der Waals surface area contributed by atoms with Crippen LogP contribution in [-0.2, 0) is 24.1 Å². The molecule has 2 heterocycles. The van der Waals surface area contributed by atoms with Crippen molar-refractivity contribution in [2.75, 3.05) is 33.3 Å². The molecule has 27 heavy (non-hydrogen) atoms. The second kappa shape index (κ2) is 7.42. The molecule has 0 unspecified atom stereocenters. The Kier molecular flexibility index (Phi) is 4.83. The SMILES string of the molecule is COc1cccc(CC(=O)N2CCN(C(=O)c3n[nH]c4c3CCC4)CC2)c1. The molecule has 0 atom stereocenters. The Morgan fingerprint density at radius 1 is 1.15 bits per heavy atom. The number of rotatable bonds is 4. The van der Waals surface area contributed by atoms with E-state index in [0.29, 0.717) is 38.3 Å². The number of hydrogen-bond acceptors (Lipinski definition) is 4. The summed E-state index contributed by atoms with van der Waals surface area (Å²) in [4.78, 5) is 29.0. The highest BCUT2D eigenvalue weighted by atomic mass is 16.5. The van der Waals surface area contributed by atoms with Crippen LogP contribution >= 0.6 is 0 Å². The number of nitrogens with zero attached hydrogens (tertiary/aromatic N) is 3. The average molecular weight is 368 g/mol. The maximum Gasteiger partial charge on any atom is 0.274 e. The minimum Gasteiger partial charge on any atom is -0.497 e. The number of carbonyl (C=O) groups excluding carboxylic acids is 2. The van der Waals surface area contributed by atoms with Crippen molar-refractivity contribution in [1.29, 1.82) is 0 Å². The van der Waals surface area contributed by atoms with E-state index in [9.17, 15) is 9.59 Å². The summed E-state index contributed by atoms with van der Waals surface area (Å²) >= 11 is 0. The molecule has 142 valence electrons. The molecule has 2 aliphatic rings. The van der Waals surface area contributed by atoms with Crippen LogP contribution in [0.15, 0.2) is 24.3 Å². The normalized spacial score (nSPS) is 16.3. The number of carbonyl (C=O) groups is 2. The lowest BCUT2D eigenvalue weighted by atomic mass is 10.1. The number of hydrogen-bond donors (Lipinski definition) is 1. The van der Waals surface area contributed by atoms with E-state index in [4.69, 9.17) is 4.74 Å². The van der Waals surface area contributed by atoms with E-state index in [2.05, 4.69) is 10.2 Å². The molecule has 1 aromatic heterocycles. The molecule has 0 radical (unpaired) electrons. The van der Waals surface area contributed by atoms with Gasteiger partial charge in [-0.3, -0.25) is 14.7 Å². The lowest BCUT2D eigenvalue weighted by molar-refractivity contribution is -0.131. The molecular formula is C20H24N4O3. The van der Waals surface area contributed by atoms with Crippen LogP contribution < -0.4 is 4.74 Å². The third kappa shape index (κ3) is 3.54. The molecule has 1 fully saturated rings. The fourth-order valence-corrected chi connectivity index (χ4v) is 3.87. The number of amides is 2. The van der Waals surface area contributed by atoms with Gasteiger partial charge in [-0.05, 0) is 37.0 Å². The van der Waals surface area contributed by atoms with Crippen LogP contribution in [0.2, 0.25) is 0 Å². The number of piperazine rings is 1. The highest BCUT2D eigenvalue weighted by Gasteiger charge is 2.29. The van der Waals surface area contributed by atoms with Gasteiger partial charge in [0.15, 0.2) is 5.69 Å². The molecule has 2 aromatic rings. The van der Waals surface area contributed by atoms with Crippen molar-refractivity contribution in [3.63, 3.8) is 0 Å². The van der Waals surface area contributed by atoms with Gasteiger partial charge in [-0.15, -0.1) is 0 Å². The average Bonchev–Trinajstić information content (AvgIpc) is 3.31. The van der Waals surface area contributed by atoms with Crippen LogP contribution in [-0.4, -0.2) is 65.1 Å². The Balaban J connectivity index is 1.34. The van der Waals surface area contributed by atoms with Gasteiger partial charge in [-0.1, -0.05) is 12.1 Å². The van der Waals surface area contributed by atoms with Gasteiger partial charge in [-0.2, -0.15) is 5.10 Å². The Morgan fingerprint density at radius 3 is 2.70 bits per heavy atom. The highest BCUT2D eigenvalue weighted by Crippen LogP contribution is 2.24. The van der Waals surface area contributed by atoms with Crippen molar-refractivity contribution in [2.24, 2.45) is 0 Å². The number of aryl methyl sites for hydroxylation is 1. The van der Waals surface area contributed by atoms with Crippen LogP contribution in [0.5, 0.6) is 5.75 Å². The molecule has 0 saturated carbocycles. The Hall–Kier alpha value is -2.83. The predicted octanol–water partition coefficient (Wildman–Crippen LogP) is 1.43.